The first-order valence-corrected chi connectivity index (χ1v) is 7.79. The average molecular weight is 307 g/mol. The van der Waals surface area contributed by atoms with Gasteiger partial charge in [-0.05, 0) is 57.2 Å². The molecular weight excluding hydrogens is 286 g/mol. The van der Waals surface area contributed by atoms with E-state index in [9.17, 15) is 0 Å². The van der Waals surface area contributed by atoms with Crippen molar-refractivity contribution in [3.63, 3.8) is 0 Å². The van der Waals surface area contributed by atoms with E-state index < -0.39 is 0 Å². The maximum absolute atomic E-state index is 6.10. The van der Waals surface area contributed by atoms with Gasteiger partial charge in [-0.25, -0.2) is 0 Å². The van der Waals surface area contributed by atoms with Gasteiger partial charge in [0, 0.05) is 23.1 Å². The first kappa shape index (κ1) is 15.3. The van der Waals surface area contributed by atoms with Crippen molar-refractivity contribution in [3.05, 3.63) is 59.5 Å². The van der Waals surface area contributed by atoms with Crippen LogP contribution >= 0.6 is 0 Å². The van der Waals surface area contributed by atoms with E-state index in [0.29, 0.717) is 0 Å². The van der Waals surface area contributed by atoms with Gasteiger partial charge in [-0.15, -0.1) is 0 Å². The standard InChI is InChI=1S/C20H21NO2/c1-13(2)21-18-12-20(15-6-8-16(22-4)9-7-15)23-19-10-5-14(3)11-17(18)19/h5-13H,1-4H3. The zero-order chi connectivity index (χ0) is 16.4. The van der Waals surface area contributed by atoms with Crippen molar-refractivity contribution in [2.75, 3.05) is 7.11 Å². The molecule has 1 heterocycles. The number of hydrogen-bond acceptors (Lipinski definition) is 3. The molecule has 0 atom stereocenters. The molecule has 0 N–H and O–H groups in total. The van der Waals surface area contributed by atoms with E-state index in [1.807, 2.05) is 36.4 Å². The molecule has 0 aliphatic carbocycles. The predicted molar refractivity (Wildman–Crippen MR) is 93.6 cm³/mol. The van der Waals surface area contributed by atoms with Gasteiger partial charge in [0.05, 0.1) is 12.5 Å². The van der Waals surface area contributed by atoms with Crippen LogP contribution in [0.1, 0.15) is 19.4 Å². The summed E-state index contributed by atoms with van der Waals surface area (Å²) in [4.78, 5) is 4.76. The minimum Gasteiger partial charge on any atom is -0.497 e. The Morgan fingerprint density at radius 2 is 1.74 bits per heavy atom. The number of fused-ring (bicyclic) bond motifs is 1. The molecule has 118 valence electrons. The minimum absolute atomic E-state index is 0.227. The van der Waals surface area contributed by atoms with Crippen molar-refractivity contribution in [2.24, 2.45) is 4.99 Å². The topological polar surface area (TPSA) is 34.7 Å². The molecule has 0 spiro atoms. The van der Waals surface area contributed by atoms with Crippen LogP contribution in [0.5, 0.6) is 5.75 Å². The van der Waals surface area contributed by atoms with Crippen LogP contribution in [0.3, 0.4) is 0 Å². The molecular formula is C20H21NO2. The number of benzene rings is 2. The highest BCUT2D eigenvalue weighted by molar-refractivity contribution is 5.79. The highest BCUT2D eigenvalue weighted by atomic mass is 16.5. The second-order valence-electron chi connectivity index (χ2n) is 5.95. The van der Waals surface area contributed by atoms with Crippen LogP contribution in [0.2, 0.25) is 0 Å². The summed E-state index contributed by atoms with van der Waals surface area (Å²) >= 11 is 0. The van der Waals surface area contributed by atoms with Crippen molar-refractivity contribution in [1.82, 2.24) is 0 Å². The molecule has 2 aromatic carbocycles. The largest absolute Gasteiger partial charge is 0.497 e. The molecule has 1 aromatic heterocycles. The van der Waals surface area contributed by atoms with E-state index >= 15 is 0 Å². The highest BCUT2D eigenvalue weighted by Gasteiger charge is 2.07. The van der Waals surface area contributed by atoms with Gasteiger partial charge in [0.25, 0.3) is 0 Å². The lowest BCUT2D eigenvalue weighted by Gasteiger charge is -2.07. The van der Waals surface area contributed by atoms with Gasteiger partial charge in [0.2, 0.25) is 0 Å². The molecule has 23 heavy (non-hydrogen) atoms. The fraction of sp³-hybridized carbons (Fsp3) is 0.250. The van der Waals surface area contributed by atoms with Crippen LogP contribution in [-0.4, -0.2) is 13.2 Å². The molecule has 0 saturated heterocycles. The van der Waals surface area contributed by atoms with Crippen molar-refractivity contribution >= 4 is 11.0 Å². The third-order valence-electron chi connectivity index (χ3n) is 3.67. The predicted octanol–water partition coefficient (Wildman–Crippen LogP) is 4.73. The van der Waals surface area contributed by atoms with Gasteiger partial charge in [0.15, 0.2) is 0 Å². The fourth-order valence-corrected chi connectivity index (χ4v) is 2.57. The van der Waals surface area contributed by atoms with Crippen LogP contribution in [-0.2, 0) is 0 Å². The SMILES string of the molecule is COc1ccc(-c2cc(=NC(C)C)c3cc(C)ccc3o2)cc1. The first-order valence-electron chi connectivity index (χ1n) is 7.79. The molecule has 0 aliphatic heterocycles. The lowest BCUT2D eigenvalue weighted by atomic mass is 10.1. The summed E-state index contributed by atoms with van der Waals surface area (Å²) in [5.41, 5.74) is 3.06. The van der Waals surface area contributed by atoms with E-state index in [2.05, 4.69) is 32.9 Å². The number of aryl methyl sites for hydroxylation is 1. The van der Waals surface area contributed by atoms with Gasteiger partial charge in [-0.1, -0.05) is 11.6 Å². The molecule has 0 saturated carbocycles. The van der Waals surface area contributed by atoms with E-state index in [0.717, 1.165) is 33.4 Å². The van der Waals surface area contributed by atoms with E-state index in [1.54, 1.807) is 7.11 Å². The van der Waals surface area contributed by atoms with Gasteiger partial charge in [-0.3, -0.25) is 4.99 Å². The third-order valence-corrected chi connectivity index (χ3v) is 3.67. The Balaban J connectivity index is 2.24. The van der Waals surface area contributed by atoms with Gasteiger partial charge in [-0.2, -0.15) is 0 Å². The molecule has 0 fully saturated rings. The molecule has 0 unspecified atom stereocenters. The Hall–Kier alpha value is -2.55. The van der Waals surface area contributed by atoms with Crippen LogP contribution < -0.4 is 10.1 Å². The molecule has 0 radical (unpaired) electrons. The van der Waals surface area contributed by atoms with Crippen LogP contribution in [0.4, 0.5) is 0 Å². The maximum atomic E-state index is 6.10. The summed E-state index contributed by atoms with van der Waals surface area (Å²) in [6, 6.07) is 16.3. The summed E-state index contributed by atoms with van der Waals surface area (Å²) in [7, 11) is 1.66. The van der Waals surface area contributed by atoms with E-state index in [1.165, 1.54) is 5.56 Å². The fourth-order valence-electron chi connectivity index (χ4n) is 2.57. The number of rotatable bonds is 3. The summed E-state index contributed by atoms with van der Waals surface area (Å²) in [5.74, 6) is 1.64. The lowest BCUT2D eigenvalue weighted by Crippen LogP contribution is -2.08. The van der Waals surface area contributed by atoms with Crippen LogP contribution in [0.15, 0.2) is 57.9 Å². The number of hydrogen-bond donors (Lipinski definition) is 0. The van der Waals surface area contributed by atoms with Gasteiger partial charge < -0.3 is 9.15 Å². The molecule has 3 rings (SSSR count). The van der Waals surface area contributed by atoms with Crippen molar-refractivity contribution in [1.29, 1.82) is 0 Å². The Kier molecular flexibility index (Phi) is 4.20. The molecule has 0 amide bonds. The smallest absolute Gasteiger partial charge is 0.136 e. The molecule has 0 bridgehead atoms. The van der Waals surface area contributed by atoms with Gasteiger partial charge in [0.1, 0.15) is 17.1 Å². The van der Waals surface area contributed by atoms with Crippen molar-refractivity contribution < 1.29 is 9.15 Å². The Morgan fingerprint density at radius 3 is 2.39 bits per heavy atom. The second-order valence-corrected chi connectivity index (χ2v) is 5.95. The Labute approximate surface area is 136 Å². The highest BCUT2D eigenvalue weighted by Crippen LogP contribution is 2.24. The maximum Gasteiger partial charge on any atom is 0.136 e. The lowest BCUT2D eigenvalue weighted by molar-refractivity contribution is 0.415. The molecule has 3 heteroatoms. The summed E-state index contributed by atoms with van der Waals surface area (Å²) in [6.07, 6.45) is 0. The Bertz CT molecular complexity index is 890. The zero-order valence-corrected chi connectivity index (χ0v) is 14.0. The van der Waals surface area contributed by atoms with Crippen LogP contribution in [0, 0.1) is 6.92 Å². The molecule has 3 nitrogen and oxygen atoms in total. The zero-order valence-electron chi connectivity index (χ0n) is 14.0. The molecule has 3 aromatic rings. The monoisotopic (exact) mass is 307 g/mol. The summed E-state index contributed by atoms with van der Waals surface area (Å²) in [5, 5.41) is 2.02. The number of methoxy groups -OCH3 is 1. The van der Waals surface area contributed by atoms with E-state index in [4.69, 9.17) is 14.1 Å². The number of ether oxygens (including phenoxy) is 1. The van der Waals surface area contributed by atoms with Crippen LogP contribution in [0.25, 0.3) is 22.3 Å². The van der Waals surface area contributed by atoms with Crippen molar-refractivity contribution in [3.8, 4) is 17.1 Å². The van der Waals surface area contributed by atoms with E-state index in [-0.39, 0.29) is 6.04 Å². The van der Waals surface area contributed by atoms with Gasteiger partial charge >= 0.3 is 0 Å². The second kappa shape index (κ2) is 6.29. The normalized spacial score (nSPS) is 12.1. The minimum atomic E-state index is 0.227. The molecule has 0 aliphatic rings. The average Bonchev–Trinajstić information content (AvgIpc) is 2.54. The quantitative estimate of drug-likeness (QED) is 0.701. The summed E-state index contributed by atoms with van der Waals surface area (Å²) in [6.45, 7) is 6.24. The summed E-state index contributed by atoms with van der Waals surface area (Å²) < 4.78 is 11.3. The van der Waals surface area contributed by atoms with Crippen molar-refractivity contribution in [2.45, 2.75) is 26.8 Å². The first-order chi connectivity index (χ1) is 11.1. The third kappa shape index (κ3) is 3.29. The Morgan fingerprint density at radius 1 is 1.00 bits per heavy atom. The number of nitrogens with zero attached hydrogens (tertiary/aromatic N) is 1.